The van der Waals surface area contributed by atoms with E-state index >= 15 is 4.39 Å². The lowest BCUT2D eigenvalue weighted by Crippen LogP contribution is -2.21. The van der Waals surface area contributed by atoms with Crippen molar-refractivity contribution < 1.29 is 60.0 Å². The molecular formula is C33H34F7N5O6. The van der Waals surface area contributed by atoms with Crippen LogP contribution in [0.15, 0.2) is 66.9 Å². The van der Waals surface area contributed by atoms with Gasteiger partial charge in [-0.3, -0.25) is 5.41 Å². The van der Waals surface area contributed by atoms with Gasteiger partial charge in [0.15, 0.2) is 11.6 Å². The molecule has 11 nitrogen and oxygen atoms in total. The molecule has 0 bridgehead atoms. The number of hydrogen-bond donors (Lipinski definition) is 5. The van der Waals surface area contributed by atoms with E-state index in [1.807, 2.05) is 52.1 Å². The Balaban J connectivity index is 0.000000543. The van der Waals surface area contributed by atoms with E-state index in [1.54, 1.807) is 41.3 Å². The predicted molar refractivity (Wildman–Crippen MR) is 173 cm³/mol. The molecule has 0 aliphatic heterocycles. The number of aliphatic carboxylic acids is 2. The lowest BCUT2D eigenvalue weighted by Gasteiger charge is -2.26. The highest BCUT2D eigenvalue weighted by atomic mass is 19.4. The summed E-state index contributed by atoms with van der Waals surface area (Å²) in [5.41, 5.74) is 10.1. The van der Waals surface area contributed by atoms with Crippen molar-refractivity contribution in [2.24, 2.45) is 5.73 Å². The molecule has 18 heteroatoms. The van der Waals surface area contributed by atoms with E-state index < -0.39 is 30.1 Å². The number of alkyl halides is 6. The number of carboxylic acids is 2. The third kappa shape index (κ3) is 12.9. The van der Waals surface area contributed by atoms with Gasteiger partial charge in [0, 0.05) is 35.1 Å². The van der Waals surface area contributed by atoms with Gasteiger partial charge in [-0.2, -0.15) is 26.3 Å². The van der Waals surface area contributed by atoms with Crippen LogP contribution in [-0.2, 0) is 16.1 Å². The second-order valence-corrected chi connectivity index (χ2v) is 10.6. The Kier molecular flexibility index (Phi) is 14.4. The van der Waals surface area contributed by atoms with Crippen LogP contribution in [0.1, 0.15) is 37.7 Å². The van der Waals surface area contributed by atoms with Gasteiger partial charge in [0.25, 0.3) is 0 Å². The number of nitrogen functional groups attached to an aromatic ring is 1. The number of aryl methyl sites for hydroxylation is 1. The van der Waals surface area contributed by atoms with E-state index in [4.69, 9.17) is 45.4 Å². The molecule has 276 valence electrons. The van der Waals surface area contributed by atoms with E-state index in [1.165, 1.54) is 0 Å². The lowest BCUT2D eigenvalue weighted by molar-refractivity contribution is -0.193. The van der Waals surface area contributed by atoms with Crippen molar-refractivity contribution in [2.75, 3.05) is 11.5 Å². The number of nitrogens with one attached hydrogen (secondary N) is 2. The first-order chi connectivity index (χ1) is 23.6. The Morgan fingerprint density at radius 2 is 1.55 bits per heavy atom. The summed E-state index contributed by atoms with van der Waals surface area (Å²) >= 11 is 0. The van der Waals surface area contributed by atoms with Crippen molar-refractivity contribution in [3.8, 4) is 22.8 Å². The molecule has 0 saturated heterocycles. The molecule has 0 aliphatic carbocycles. The first-order valence-corrected chi connectivity index (χ1v) is 14.7. The number of nitrogens with two attached hydrogens (primary N) is 1. The van der Waals surface area contributed by atoms with Crippen LogP contribution in [0.3, 0.4) is 0 Å². The third-order valence-corrected chi connectivity index (χ3v) is 6.19. The van der Waals surface area contributed by atoms with Crippen molar-refractivity contribution in [1.82, 2.24) is 9.97 Å². The summed E-state index contributed by atoms with van der Waals surface area (Å²) in [4.78, 5) is 27.6. The maximum absolute atomic E-state index is 15.9. The highest BCUT2D eigenvalue weighted by Gasteiger charge is 2.39. The van der Waals surface area contributed by atoms with Crippen molar-refractivity contribution in [3.05, 3.63) is 89.6 Å². The van der Waals surface area contributed by atoms with Gasteiger partial charge in [-0.1, -0.05) is 23.8 Å². The average Bonchev–Trinajstić information content (AvgIpc) is 3.50. The molecule has 6 N–H and O–H groups in total. The third-order valence-electron chi connectivity index (χ3n) is 6.19. The minimum atomic E-state index is -5.08. The Morgan fingerprint density at radius 3 is 2.02 bits per heavy atom. The van der Waals surface area contributed by atoms with Crippen LogP contribution in [0.5, 0.6) is 11.5 Å². The van der Waals surface area contributed by atoms with Gasteiger partial charge in [-0.05, 0) is 58.0 Å². The highest BCUT2D eigenvalue weighted by Crippen LogP contribution is 2.38. The molecule has 4 aromatic rings. The Morgan fingerprint density at radius 1 is 0.980 bits per heavy atom. The van der Waals surface area contributed by atoms with Crippen LogP contribution in [-0.4, -0.2) is 63.0 Å². The van der Waals surface area contributed by atoms with Crippen molar-refractivity contribution >= 4 is 29.1 Å². The first-order valence-electron chi connectivity index (χ1n) is 14.7. The number of nitrogens with zero attached hydrogens (tertiary/aromatic N) is 2. The summed E-state index contributed by atoms with van der Waals surface area (Å²) in [7, 11) is 0. The summed E-state index contributed by atoms with van der Waals surface area (Å²) in [6.07, 6.45) is -8.54. The number of hydrogen-bond acceptors (Lipinski definition) is 7. The molecule has 4 rings (SSSR count). The predicted octanol–water partition coefficient (Wildman–Crippen LogP) is 7.60. The topological polar surface area (TPSA) is 175 Å². The lowest BCUT2D eigenvalue weighted by atomic mass is 10.1. The number of imidazole rings is 1. The van der Waals surface area contributed by atoms with E-state index in [-0.39, 0.29) is 29.9 Å². The fourth-order valence-corrected chi connectivity index (χ4v) is 4.03. The second-order valence-electron chi connectivity index (χ2n) is 10.6. The minimum Gasteiger partial charge on any atom is -0.494 e. The van der Waals surface area contributed by atoms with Crippen molar-refractivity contribution in [2.45, 2.75) is 52.7 Å². The number of ether oxygens (including phenoxy) is 2. The van der Waals surface area contributed by atoms with E-state index in [9.17, 15) is 26.3 Å². The van der Waals surface area contributed by atoms with Crippen LogP contribution in [0.25, 0.3) is 11.3 Å². The van der Waals surface area contributed by atoms with Crippen LogP contribution in [0.4, 0.5) is 42.1 Å². The normalized spacial score (nSPS) is 11.1. The van der Waals surface area contributed by atoms with Gasteiger partial charge < -0.3 is 35.3 Å². The van der Waals surface area contributed by atoms with Crippen LogP contribution in [0, 0.1) is 18.2 Å². The number of carboxylic acid groups (broad SMARTS) is 2. The standard InChI is InChI=1S/C29H32FN5O2.2C2HF3O2/c1-5-36-23-14-25(28(30)26(15-23)37-18(2)3)35(22-11-9-20(10-12-22)29(31)32)17-27-33-16-24(34-27)21-8-6-7-19(4)13-21;2*3-2(4,5)1(6)7/h6-16,18H,5,17H2,1-4H3,(H3,31,32)(H,33,34);2*(H,6,7). The zero-order valence-corrected chi connectivity index (χ0v) is 27.5. The van der Waals surface area contributed by atoms with Gasteiger partial charge in [-0.15, -0.1) is 0 Å². The molecule has 51 heavy (non-hydrogen) atoms. The van der Waals surface area contributed by atoms with Gasteiger partial charge in [0.1, 0.15) is 17.4 Å². The number of amidine groups is 1. The zero-order valence-electron chi connectivity index (χ0n) is 27.5. The molecule has 0 unspecified atom stereocenters. The van der Waals surface area contributed by atoms with E-state index in [0.717, 1.165) is 16.8 Å². The molecule has 1 aromatic heterocycles. The number of benzene rings is 3. The molecule has 3 aromatic carbocycles. The van der Waals surface area contributed by atoms with Gasteiger partial charge >= 0.3 is 24.3 Å². The largest absolute Gasteiger partial charge is 0.494 e. The fourth-order valence-electron chi connectivity index (χ4n) is 4.03. The van der Waals surface area contributed by atoms with Crippen LogP contribution >= 0.6 is 0 Å². The van der Waals surface area contributed by atoms with Crippen LogP contribution < -0.4 is 20.1 Å². The first kappa shape index (κ1) is 41.4. The highest BCUT2D eigenvalue weighted by molar-refractivity contribution is 5.95. The number of carbonyl (C=O) groups is 2. The van der Waals surface area contributed by atoms with Gasteiger partial charge in [0.05, 0.1) is 30.6 Å². The number of anilines is 2. The van der Waals surface area contributed by atoms with Crippen molar-refractivity contribution in [3.63, 3.8) is 0 Å². The molecule has 1 heterocycles. The molecule has 0 amide bonds. The molecule has 0 aliphatic rings. The number of aromatic amines is 1. The van der Waals surface area contributed by atoms with Gasteiger partial charge in [0.2, 0.25) is 0 Å². The summed E-state index contributed by atoms with van der Waals surface area (Å²) in [6, 6.07) is 18.4. The Hall–Kier alpha value is -5.81. The summed E-state index contributed by atoms with van der Waals surface area (Å²) in [5.74, 6) is -4.79. The maximum Gasteiger partial charge on any atom is 0.490 e. The summed E-state index contributed by atoms with van der Waals surface area (Å²) < 4.78 is 90.9. The summed E-state index contributed by atoms with van der Waals surface area (Å²) in [5, 5.41) is 22.0. The van der Waals surface area contributed by atoms with Crippen molar-refractivity contribution in [1.29, 1.82) is 5.41 Å². The zero-order chi connectivity index (χ0) is 38.7. The van der Waals surface area contributed by atoms with E-state index in [2.05, 4.69) is 11.1 Å². The molecule has 0 saturated carbocycles. The fraction of sp³-hybridized carbons (Fsp3) is 0.273. The Labute approximate surface area is 287 Å². The SMILES string of the molecule is CCOc1cc(OC(C)C)c(F)c(N(Cc2nc(-c3cccc(C)c3)c[nH]2)c2ccc(C(=N)N)cc2)c1.O=C(O)C(F)(F)F.O=C(O)C(F)(F)F. The molecule has 0 fully saturated rings. The number of rotatable bonds is 10. The van der Waals surface area contributed by atoms with E-state index in [0.29, 0.717) is 29.4 Å². The maximum atomic E-state index is 15.9. The molecule has 0 radical (unpaired) electrons. The molecular weight excluding hydrogens is 695 g/mol. The Bertz CT molecular complexity index is 1770. The van der Waals surface area contributed by atoms with Gasteiger partial charge in [-0.25, -0.2) is 19.0 Å². The number of halogens is 7. The molecule has 0 spiro atoms. The monoisotopic (exact) mass is 729 g/mol. The van der Waals surface area contributed by atoms with Crippen LogP contribution in [0.2, 0.25) is 0 Å². The smallest absolute Gasteiger partial charge is 0.490 e. The quantitative estimate of drug-likeness (QED) is 0.0626. The second kappa shape index (κ2) is 17.7. The molecule has 0 atom stereocenters. The minimum absolute atomic E-state index is 0.0379. The number of aromatic nitrogens is 2. The number of H-pyrrole nitrogens is 1. The summed E-state index contributed by atoms with van der Waals surface area (Å²) in [6.45, 7) is 8.28. The average molecular weight is 730 g/mol.